The van der Waals surface area contributed by atoms with Crippen molar-refractivity contribution in [2.75, 3.05) is 6.61 Å². The minimum absolute atomic E-state index is 0.296. The first kappa shape index (κ1) is 11.6. The maximum Gasteiger partial charge on any atom is 0.340 e. The summed E-state index contributed by atoms with van der Waals surface area (Å²) < 4.78 is 6.56. The highest BCUT2D eigenvalue weighted by Gasteiger charge is 2.19. The number of carbonyl (C=O) groups excluding carboxylic acids is 1. The summed E-state index contributed by atoms with van der Waals surface area (Å²) in [6.45, 7) is 3.65. The van der Waals surface area contributed by atoms with E-state index in [1.807, 2.05) is 6.07 Å². The van der Waals surface area contributed by atoms with Gasteiger partial charge < -0.3 is 9.84 Å². The normalized spacial score (nSPS) is 12.6. The number of carbonyl (C=O) groups is 1. The Bertz CT molecular complexity index is 546. The van der Waals surface area contributed by atoms with Crippen LogP contribution >= 0.6 is 0 Å². The number of aliphatic hydroxyl groups excluding tert-OH is 1. The van der Waals surface area contributed by atoms with E-state index >= 15 is 0 Å². The standard InChI is InChI=1S/C12H14N2O3/c1-3-17-12(16)9-7-13-14-6-4-5-10(14)11(9)8(2)15/h4-8,15H,3H2,1-2H3/t8-/m0/s1. The van der Waals surface area contributed by atoms with Crippen molar-refractivity contribution in [3.8, 4) is 0 Å². The van der Waals surface area contributed by atoms with E-state index in [2.05, 4.69) is 5.10 Å². The van der Waals surface area contributed by atoms with Gasteiger partial charge in [0.25, 0.3) is 0 Å². The van der Waals surface area contributed by atoms with Crippen LogP contribution in [0.4, 0.5) is 0 Å². The number of hydrogen-bond donors (Lipinski definition) is 1. The Balaban J connectivity index is 2.61. The zero-order chi connectivity index (χ0) is 12.4. The van der Waals surface area contributed by atoms with Gasteiger partial charge in [0.05, 0.1) is 30.0 Å². The molecule has 0 bridgehead atoms. The minimum atomic E-state index is -0.755. The smallest absolute Gasteiger partial charge is 0.340 e. The summed E-state index contributed by atoms with van der Waals surface area (Å²) in [6, 6.07) is 3.61. The number of aliphatic hydroxyl groups is 1. The lowest BCUT2D eigenvalue weighted by Gasteiger charge is -2.12. The molecule has 5 heteroatoms. The molecular formula is C12H14N2O3. The Morgan fingerprint density at radius 3 is 3.06 bits per heavy atom. The lowest BCUT2D eigenvalue weighted by atomic mass is 10.1. The maximum absolute atomic E-state index is 11.8. The molecule has 0 aromatic carbocycles. The zero-order valence-electron chi connectivity index (χ0n) is 9.75. The Kier molecular flexibility index (Phi) is 3.10. The molecule has 90 valence electrons. The van der Waals surface area contributed by atoms with Gasteiger partial charge in [-0.25, -0.2) is 9.31 Å². The van der Waals surface area contributed by atoms with E-state index in [0.29, 0.717) is 23.3 Å². The highest BCUT2D eigenvalue weighted by Crippen LogP contribution is 2.23. The van der Waals surface area contributed by atoms with E-state index in [9.17, 15) is 9.90 Å². The van der Waals surface area contributed by atoms with Crippen LogP contribution in [0.1, 0.15) is 35.9 Å². The molecule has 17 heavy (non-hydrogen) atoms. The molecule has 2 heterocycles. The van der Waals surface area contributed by atoms with Gasteiger partial charge in [-0.1, -0.05) is 0 Å². The molecule has 0 aliphatic rings. The first-order valence-corrected chi connectivity index (χ1v) is 5.46. The van der Waals surface area contributed by atoms with Gasteiger partial charge in [0.2, 0.25) is 0 Å². The molecule has 2 aromatic rings. The molecule has 0 saturated carbocycles. The summed E-state index contributed by atoms with van der Waals surface area (Å²) >= 11 is 0. The fraction of sp³-hybridized carbons (Fsp3) is 0.333. The molecule has 0 spiro atoms. The second-order valence-corrected chi connectivity index (χ2v) is 3.71. The van der Waals surface area contributed by atoms with E-state index in [1.165, 1.54) is 6.20 Å². The molecule has 1 N–H and O–H groups in total. The lowest BCUT2D eigenvalue weighted by Crippen LogP contribution is -2.12. The Morgan fingerprint density at radius 1 is 1.65 bits per heavy atom. The van der Waals surface area contributed by atoms with Gasteiger partial charge in [-0.15, -0.1) is 0 Å². The van der Waals surface area contributed by atoms with Crippen molar-refractivity contribution in [2.24, 2.45) is 0 Å². The van der Waals surface area contributed by atoms with E-state index in [1.54, 1.807) is 30.6 Å². The van der Waals surface area contributed by atoms with Crippen LogP contribution in [0.25, 0.3) is 5.52 Å². The Morgan fingerprint density at radius 2 is 2.41 bits per heavy atom. The summed E-state index contributed by atoms with van der Waals surface area (Å²) in [4.78, 5) is 11.8. The molecule has 0 fully saturated rings. The van der Waals surface area contributed by atoms with Crippen molar-refractivity contribution in [2.45, 2.75) is 20.0 Å². The van der Waals surface area contributed by atoms with E-state index in [4.69, 9.17) is 4.74 Å². The Hall–Kier alpha value is -1.88. The number of esters is 1. The fourth-order valence-electron chi connectivity index (χ4n) is 1.82. The molecule has 0 radical (unpaired) electrons. The van der Waals surface area contributed by atoms with Crippen LogP contribution in [0.2, 0.25) is 0 Å². The molecule has 2 rings (SSSR count). The highest BCUT2D eigenvalue weighted by molar-refractivity contribution is 5.93. The lowest BCUT2D eigenvalue weighted by molar-refractivity contribution is 0.0519. The molecule has 0 amide bonds. The van der Waals surface area contributed by atoms with Crippen LogP contribution in [0, 0.1) is 0 Å². The number of rotatable bonds is 3. The van der Waals surface area contributed by atoms with Gasteiger partial charge in [-0.05, 0) is 26.0 Å². The van der Waals surface area contributed by atoms with Crippen LogP contribution in [0.15, 0.2) is 24.5 Å². The molecule has 0 saturated heterocycles. The summed E-state index contributed by atoms with van der Waals surface area (Å²) in [6.07, 6.45) is 2.43. The highest BCUT2D eigenvalue weighted by atomic mass is 16.5. The zero-order valence-corrected chi connectivity index (χ0v) is 9.75. The van der Waals surface area contributed by atoms with E-state index in [0.717, 1.165) is 0 Å². The predicted molar refractivity (Wildman–Crippen MR) is 61.8 cm³/mol. The van der Waals surface area contributed by atoms with Crippen LogP contribution in [-0.2, 0) is 4.74 Å². The molecule has 0 aliphatic carbocycles. The predicted octanol–water partition coefficient (Wildman–Crippen LogP) is 1.56. The number of fused-ring (bicyclic) bond motifs is 1. The van der Waals surface area contributed by atoms with Gasteiger partial charge in [0.1, 0.15) is 0 Å². The molecule has 0 aliphatic heterocycles. The second-order valence-electron chi connectivity index (χ2n) is 3.71. The van der Waals surface area contributed by atoms with Crippen molar-refractivity contribution in [1.82, 2.24) is 9.61 Å². The first-order valence-electron chi connectivity index (χ1n) is 5.46. The van der Waals surface area contributed by atoms with Gasteiger partial charge in [0, 0.05) is 11.8 Å². The summed E-state index contributed by atoms with van der Waals surface area (Å²) in [7, 11) is 0. The van der Waals surface area contributed by atoms with Crippen LogP contribution < -0.4 is 0 Å². The number of aromatic nitrogens is 2. The van der Waals surface area contributed by atoms with Crippen molar-refractivity contribution in [3.63, 3.8) is 0 Å². The van der Waals surface area contributed by atoms with Gasteiger partial charge in [0.15, 0.2) is 0 Å². The van der Waals surface area contributed by atoms with Gasteiger partial charge in [-0.2, -0.15) is 5.10 Å². The largest absolute Gasteiger partial charge is 0.462 e. The molecule has 1 atom stereocenters. The van der Waals surface area contributed by atoms with E-state index in [-0.39, 0.29) is 0 Å². The second kappa shape index (κ2) is 4.55. The van der Waals surface area contributed by atoms with Crippen LogP contribution in [0.5, 0.6) is 0 Å². The van der Waals surface area contributed by atoms with Gasteiger partial charge >= 0.3 is 5.97 Å². The number of nitrogens with zero attached hydrogens (tertiary/aromatic N) is 2. The first-order chi connectivity index (χ1) is 8.15. The third-order valence-electron chi connectivity index (χ3n) is 2.52. The van der Waals surface area contributed by atoms with Crippen LogP contribution in [-0.4, -0.2) is 27.3 Å². The SMILES string of the molecule is CCOC(=O)c1cnn2cccc2c1[C@H](C)O. The van der Waals surface area contributed by atoms with E-state index < -0.39 is 12.1 Å². The topological polar surface area (TPSA) is 63.8 Å². The fourth-order valence-corrected chi connectivity index (χ4v) is 1.82. The monoisotopic (exact) mass is 234 g/mol. The quantitative estimate of drug-likeness (QED) is 0.819. The number of hydrogen-bond acceptors (Lipinski definition) is 4. The van der Waals surface area contributed by atoms with Crippen molar-refractivity contribution in [1.29, 1.82) is 0 Å². The average Bonchev–Trinajstić information content (AvgIpc) is 2.75. The third kappa shape index (κ3) is 2.01. The minimum Gasteiger partial charge on any atom is -0.462 e. The van der Waals surface area contributed by atoms with Crippen molar-refractivity contribution in [3.05, 3.63) is 35.7 Å². The summed E-state index contributed by atoms with van der Waals surface area (Å²) in [5.41, 5.74) is 1.57. The summed E-state index contributed by atoms with van der Waals surface area (Å²) in [5.74, 6) is -0.459. The molecular weight excluding hydrogens is 220 g/mol. The van der Waals surface area contributed by atoms with Gasteiger partial charge in [-0.3, -0.25) is 0 Å². The van der Waals surface area contributed by atoms with Crippen molar-refractivity contribution < 1.29 is 14.6 Å². The molecule has 5 nitrogen and oxygen atoms in total. The van der Waals surface area contributed by atoms with Crippen LogP contribution in [0.3, 0.4) is 0 Å². The molecule has 0 unspecified atom stereocenters. The third-order valence-corrected chi connectivity index (χ3v) is 2.52. The number of ether oxygens (including phenoxy) is 1. The summed E-state index contributed by atoms with van der Waals surface area (Å²) in [5, 5.41) is 13.9. The van der Waals surface area contributed by atoms with Crippen molar-refractivity contribution >= 4 is 11.5 Å². The maximum atomic E-state index is 11.8. The average molecular weight is 234 g/mol. The Labute approximate surface area is 98.6 Å². The molecule has 2 aromatic heterocycles.